The molecule has 0 aromatic heterocycles. The molecule has 0 aliphatic carbocycles. The number of carbonyl (C=O) groups excluding carboxylic acids is 3. The van der Waals surface area contributed by atoms with E-state index >= 15 is 0 Å². The first-order valence-corrected chi connectivity index (χ1v) is 34.7. The Morgan fingerprint density at radius 3 is 0.675 bits per heavy atom. The first kappa shape index (κ1) is 78.5. The molecule has 0 aromatic rings. The summed E-state index contributed by atoms with van der Waals surface area (Å²) >= 11 is 0. The molecule has 1 atom stereocenters. The predicted octanol–water partition coefficient (Wildman–Crippen LogP) is 24.1. The average Bonchev–Trinajstić information content (AvgIpc) is 3.49. The van der Waals surface area contributed by atoms with Gasteiger partial charge in [0.05, 0.1) is 0 Å². The van der Waals surface area contributed by atoms with Crippen molar-refractivity contribution in [3.05, 3.63) is 134 Å². The summed E-state index contributed by atoms with van der Waals surface area (Å²) in [5.41, 5.74) is 0. The molecular weight excluding hydrogens is 1020 g/mol. The number of ether oxygens (including phenoxy) is 3. The minimum absolute atomic E-state index is 0.0909. The Hall–Kier alpha value is -4.45. The van der Waals surface area contributed by atoms with E-state index in [2.05, 4.69) is 154 Å². The Labute approximate surface area is 513 Å². The van der Waals surface area contributed by atoms with E-state index in [9.17, 15) is 14.4 Å². The molecule has 0 bridgehead atoms. The maximum Gasteiger partial charge on any atom is 0.306 e. The van der Waals surface area contributed by atoms with Crippen LogP contribution in [0.3, 0.4) is 0 Å². The molecule has 6 nitrogen and oxygen atoms in total. The Bertz CT molecular complexity index is 1750. The molecule has 0 saturated heterocycles. The predicted molar refractivity (Wildman–Crippen MR) is 362 cm³/mol. The summed E-state index contributed by atoms with van der Waals surface area (Å²) < 4.78 is 16.9. The highest BCUT2D eigenvalue weighted by Gasteiger charge is 2.19. The molecule has 0 aliphatic heterocycles. The van der Waals surface area contributed by atoms with Crippen molar-refractivity contribution in [2.24, 2.45) is 0 Å². The summed E-state index contributed by atoms with van der Waals surface area (Å²) in [5, 5.41) is 0. The summed E-state index contributed by atoms with van der Waals surface area (Å²) in [4.78, 5) is 38.3. The van der Waals surface area contributed by atoms with Crippen LogP contribution >= 0.6 is 0 Å². The van der Waals surface area contributed by atoms with Gasteiger partial charge in [0.1, 0.15) is 13.2 Å². The lowest BCUT2D eigenvalue weighted by atomic mass is 10.0. The summed E-state index contributed by atoms with van der Waals surface area (Å²) in [5.74, 6) is -0.918. The lowest BCUT2D eigenvalue weighted by molar-refractivity contribution is -0.167. The van der Waals surface area contributed by atoms with Crippen LogP contribution in [0.1, 0.15) is 316 Å². The Balaban J connectivity index is 4.17. The van der Waals surface area contributed by atoms with E-state index < -0.39 is 6.10 Å². The van der Waals surface area contributed by atoms with E-state index in [1.165, 1.54) is 109 Å². The topological polar surface area (TPSA) is 78.9 Å². The monoisotopic (exact) mass is 1150 g/mol. The van der Waals surface area contributed by atoms with Crippen LogP contribution in [-0.4, -0.2) is 37.2 Å². The lowest BCUT2D eigenvalue weighted by Crippen LogP contribution is -2.30. The van der Waals surface area contributed by atoms with Crippen LogP contribution in [0.15, 0.2) is 134 Å². The molecule has 0 amide bonds. The van der Waals surface area contributed by atoms with Gasteiger partial charge >= 0.3 is 17.9 Å². The van der Waals surface area contributed by atoms with Crippen molar-refractivity contribution in [3.8, 4) is 0 Å². The van der Waals surface area contributed by atoms with Crippen LogP contribution in [0.4, 0.5) is 0 Å². The van der Waals surface area contributed by atoms with Gasteiger partial charge in [-0.05, 0) is 128 Å². The van der Waals surface area contributed by atoms with Crippen molar-refractivity contribution in [3.63, 3.8) is 0 Å². The highest BCUT2D eigenvalue weighted by atomic mass is 16.6. The number of hydrogen-bond acceptors (Lipinski definition) is 6. The third kappa shape index (κ3) is 68.2. The number of unbranched alkanes of at least 4 members (excludes halogenated alkanes) is 29. The Kier molecular flexibility index (Phi) is 66.3. The Morgan fingerprint density at radius 1 is 0.241 bits per heavy atom. The zero-order valence-electron chi connectivity index (χ0n) is 54.2. The van der Waals surface area contributed by atoms with Crippen LogP contribution in [0.2, 0.25) is 0 Å². The van der Waals surface area contributed by atoms with Gasteiger partial charge in [0.15, 0.2) is 6.10 Å². The summed E-state index contributed by atoms with van der Waals surface area (Å²) in [6.07, 6.45) is 99.2. The number of rotatable bonds is 62. The van der Waals surface area contributed by atoms with Crippen LogP contribution in [0.5, 0.6) is 0 Å². The fraction of sp³-hybridized carbons (Fsp3) is 0.675. The van der Waals surface area contributed by atoms with E-state index in [0.717, 1.165) is 167 Å². The third-order valence-corrected chi connectivity index (χ3v) is 14.6. The van der Waals surface area contributed by atoms with Crippen molar-refractivity contribution in [1.82, 2.24) is 0 Å². The number of allylic oxidation sites excluding steroid dienone is 22. The molecule has 472 valence electrons. The quantitative estimate of drug-likeness (QED) is 0.0261. The van der Waals surface area contributed by atoms with E-state index in [1.54, 1.807) is 0 Å². The molecular formula is C77H128O6. The molecule has 0 fully saturated rings. The smallest absolute Gasteiger partial charge is 0.306 e. The molecule has 0 N–H and O–H groups in total. The van der Waals surface area contributed by atoms with Crippen molar-refractivity contribution in [2.45, 2.75) is 322 Å². The molecule has 0 radical (unpaired) electrons. The fourth-order valence-corrected chi connectivity index (χ4v) is 9.56. The molecule has 1 unspecified atom stereocenters. The van der Waals surface area contributed by atoms with Crippen LogP contribution in [0, 0.1) is 0 Å². The second-order valence-electron chi connectivity index (χ2n) is 22.6. The van der Waals surface area contributed by atoms with Crippen molar-refractivity contribution in [1.29, 1.82) is 0 Å². The first-order chi connectivity index (χ1) is 41.0. The second-order valence-corrected chi connectivity index (χ2v) is 22.6. The van der Waals surface area contributed by atoms with Crippen LogP contribution < -0.4 is 0 Å². The van der Waals surface area contributed by atoms with Crippen LogP contribution in [-0.2, 0) is 28.6 Å². The minimum Gasteiger partial charge on any atom is -0.462 e. The van der Waals surface area contributed by atoms with Crippen molar-refractivity contribution in [2.75, 3.05) is 13.2 Å². The maximum absolute atomic E-state index is 12.9. The van der Waals surface area contributed by atoms with Gasteiger partial charge in [-0.3, -0.25) is 14.4 Å². The highest BCUT2D eigenvalue weighted by Crippen LogP contribution is 2.17. The maximum atomic E-state index is 12.9. The summed E-state index contributed by atoms with van der Waals surface area (Å²) in [6.45, 7) is 6.29. The summed E-state index contributed by atoms with van der Waals surface area (Å²) in [6, 6.07) is 0. The molecule has 0 spiro atoms. The molecule has 83 heavy (non-hydrogen) atoms. The zero-order chi connectivity index (χ0) is 59.9. The zero-order valence-corrected chi connectivity index (χ0v) is 54.2. The summed E-state index contributed by atoms with van der Waals surface area (Å²) in [7, 11) is 0. The van der Waals surface area contributed by atoms with Crippen molar-refractivity contribution >= 4 is 17.9 Å². The van der Waals surface area contributed by atoms with Gasteiger partial charge in [0.2, 0.25) is 0 Å². The Morgan fingerprint density at radius 2 is 0.434 bits per heavy atom. The molecule has 0 heterocycles. The molecule has 6 heteroatoms. The number of hydrogen-bond donors (Lipinski definition) is 0. The largest absolute Gasteiger partial charge is 0.462 e. The van der Waals surface area contributed by atoms with E-state index in [-0.39, 0.29) is 31.1 Å². The highest BCUT2D eigenvalue weighted by molar-refractivity contribution is 5.71. The minimum atomic E-state index is -0.797. The average molecular weight is 1150 g/mol. The lowest BCUT2D eigenvalue weighted by Gasteiger charge is -2.18. The van der Waals surface area contributed by atoms with E-state index in [1.807, 2.05) is 0 Å². The number of esters is 3. The molecule has 0 aliphatic rings. The van der Waals surface area contributed by atoms with Gasteiger partial charge in [-0.15, -0.1) is 0 Å². The van der Waals surface area contributed by atoms with Crippen LogP contribution in [0.25, 0.3) is 0 Å². The normalized spacial score (nSPS) is 13.0. The van der Waals surface area contributed by atoms with E-state index in [0.29, 0.717) is 19.3 Å². The van der Waals surface area contributed by atoms with Gasteiger partial charge < -0.3 is 14.2 Å². The molecule has 0 saturated carbocycles. The number of carbonyl (C=O) groups is 3. The van der Waals surface area contributed by atoms with E-state index in [4.69, 9.17) is 14.2 Å². The van der Waals surface area contributed by atoms with Gasteiger partial charge in [-0.25, -0.2) is 0 Å². The second kappa shape index (κ2) is 70.0. The third-order valence-electron chi connectivity index (χ3n) is 14.6. The SMILES string of the molecule is CC/C=C\C/C=C\C/C=C\C/C=C\C/C=C\CCCCCCCCCCCCCCCCCCCCCC(=O)OCC(COC(=O)CCCCCCC/C=C\C/C=C\C/C=C\CC)OC(=O)CCCCCCC/C=C\C/C=C\C/C=C\CC. The van der Waals surface area contributed by atoms with Gasteiger partial charge in [-0.1, -0.05) is 302 Å². The fourth-order valence-electron chi connectivity index (χ4n) is 9.56. The first-order valence-electron chi connectivity index (χ1n) is 34.7. The molecule has 0 rings (SSSR count). The van der Waals surface area contributed by atoms with Crippen molar-refractivity contribution < 1.29 is 28.6 Å². The molecule has 0 aromatic carbocycles. The van der Waals surface area contributed by atoms with Gasteiger partial charge in [0, 0.05) is 19.3 Å². The van der Waals surface area contributed by atoms with Gasteiger partial charge in [-0.2, -0.15) is 0 Å². The van der Waals surface area contributed by atoms with Gasteiger partial charge in [0.25, 0.3) is 0 Å². The standard InChI is InChI=1S/C77H128O6/c1-4-7-10-13-16-19-22-25-28-29-30-31-32-33-34-35-36-37-38-39-40-41-42-43-44-45-46-47-50-52-55-58-61-64-67-70-76(79)82-73-74(83-77(80)71-68-65-62-59-56-53-49-27-24-21-18-15-12-9-6-3)72-81-75(78)69-66-63-60-57-54-51-48-26-23-20-17-14-11-8-5-2/h7-12,16-21,25-28,30-31,33-34,48-49,74H,4-6,13-15,22-24,29,32,35-47,50-73H2,1-3H3/b10-7-,11-8-,12-9-,19-16-,20-17-,21-18-,28-25-,31-30-,34-33-,48-26-,49-27-.